The minimum atomic E-state index is 0.541. The smallest absolute Gasteiger partial charge is 0.160 e. The van der Waals surface area contributed by atoms with Gasteiger partial charge in [-0.25, -0.2) is 4.63 Å². The molecular formula is C11H12N6O. The molecule has 0 unspecified atom stereocenters. The predicted octanol–water partition coefficient (Wildman–Crippen LogP) is 1.59. The topological polar surface area (TPSA) is 94.8 Å². The van der Waals surface area contributed by atoms with Crippen LogP contribution in [0.5, 0.6) is 0 Å². The minimum absolute atomic E-state index is 0.541. The molecule has 2 heterocycles. The number of aromatic nitrogens is 4. The van der Waals surface area contributed by atoms with E-state index in [-0.39, 0.29) is 0 Å². The average molecular weight is 244 g/mol. The van der Waals surface area contributed by atoms with Gasteiger partial charge in [-0.15, -0.1) is 0 Å². The molecule has 0 aliphatic carbocycles. The van der Waals surface area contributed by atoms with E-state index in [1.807, 2.05) is 26.2 Å². The van der Waals surface area contributed by atoms with Crippen molar-refractivity contribution in [1.82, 2.24) is 20.1 Å². The zero-order chi connectivity index (χ0) is 12.7. The van der Waals surface area contributed by atoms with E-state index in [0.29, 0.717) is 16.7 Å². The van der Waals surface area contributed by atoms with Crippen LogP contribution in [0.15, 0.2) is 23.0 Å². The fourth-order valence-corrected chi connectivity index (χ4v) is 1.85. The van der Waals surface area contributed by atoms with Gasteiger partial charge in [0.15, 0.2) is 11.0 Å². The van der Waals surface area contributed by atoms with Crippen molar-refractivity contribution in [3.8, 4) is 0 Å². The quantitative estimate of drug-likeness (QED) is 0.665. The van der Waals surface area contributed by atoms with E-state index >= 15 is 0 Å². The summed E-state index contributed by atoms with van der Waals surface area (Å²) >= 11 is 0. The van der Waals surface area contributed by atoms with Gasteiger partial charge in [0.05, 0.1) is 22.8 Å². The van der Waals surface area contributed by atoms with Gasteiger partial charge < -0.3 is 11.1 Å². The largest absolute Gasteiger partial charge is 0.397 e. The Bertz CT molecular complexity index is 713. The fraction of sp³-hybridized carbons (Fsp3) is 0.182. The van der Waals surface area contributed by atoms with Crippen LogP contribution in [-0.2, 0) is 7.05 Å². The number of fused-ring (bicyclic) bond motifs is 1. The highest BCUT2D eigenvalue weighted by Gasteiger charge is 2.11. The normalized spacial score (nSPS) is 11.0. The summed E-state index contributed by atoms with van der Waals surface area (Å²) in [6.07, 6.45) is 1.89. The lowest BCUT2D eigenvalue weighted by Crippen LogP contribution is -1.94. The number of anilines is 3. The molecule has 3 aromatic rings. The monoisotopic (exact) mass is 244 g/mol. The van der Waals surface area contributed by atoms with Gasteiger partial charge in [0.2, 0.25) is 0 Å². The molecule has 1 aromatic carbocycles. The van der Waals surface area contributed by atoms with Gasteiger partial charge in [-0.05, 0) is 29.4 Å². The van der Waals surface area contributed by atoms with Gasteiger partial charge in [-0.2, -0.15) is 5.10 Å². The molecule has 3 N–H and O–H groups in total. The first-order valence-corrected chi connectivity index (χ1v) is 5.43. The van der Waals surface area contributed by atoms with Crippen molar-refractivity contribution >= 4 is 28.1 Å². The number of nitrogens with one attached hydrogen (secondary N) is 1. The third-order valence-corrected chi connectivity index (χ3v) is 2.73. The van der Waals surface area contributed by atoms with Crippen molar-refractivity contribution in [1.29, 1.82) is 0 Å². The molecule has 0 radical (unpaired) electrons. The van der Waals surface area contributed by atoms with E-state index in [1.165, 1.54) is 0 Å². The van der Waals surface area contributed by atoms with E-state index in [2.05, 4.69) is 20.7 Å². The Morgan fingerprint density at radius 1 is 1.22 bits per heavy atom. The van der Waals surface area contributed by atoms with Crippen molar-refractivity contribution in [3.63, 3.8) is 0 Å². The summed E-state index contributed by atoms with van der Waals surface area (Å²) < 4.78 is 6.46. The number of rotatable bonds is 2. The van der Waals surface area contributed by atoms with Crippen molar-refractivity contribution < 1.29 is 4.63 Å². The fourth-order valence-electron chi connectivity index (χ4n) is 1.85. The molecule has 3 rings (SSSR count). The van der Waals surface area contributed by atoms with Crippen LogP contribution < -0.4 is 11.1 Å². The third kappa shape index (κ3) is 1.56. The van der Waals surface area contributed by atoms with Crippen LogP contribution in [0.3, 0.4) is 0 Å². The molecule has 0 amide bonds. The molecule has 0 aliphatic rings. The van der Waals surface area contributed by atoms with E-state index in [0.717, 1.165) is 17.1 Å². The molecule has 7 heteroatoms. The molecule has 18 heavy (non-hydrogen) atoms. The van der Waals surface area contributed by atoms with E-state index in [4.69, 9.17) is 10.4 Å². The maximum atomic E-state index is 5.79. The SMILES string of the molecule is Cc1nn(C)cc1Nc1ccc(N)c2nonc12. The molecule has 0 saturated heterocycles. The Hall–Kier alpha value is -2.57. The molecule has 0 spiro atoms. The van der Waals surface area contributed by atoms with Crippen molar-refractivity contribution in [3.05, 3.63) is 24.0 Å². The molecule has 0 aliphatic heterocycles. The first kappa shape index (κ1) is 10.6. The maximum Gasteiger partial charge on any atom is 0.160 e. The second kappa shape index (κ2) is 3.73. The molecular weight excluding hydrogens is 232 g/mol. The molecule has 7 nitrogen and oxygen atoms in total. The van der Waals surface area contributed by atoms with Gasteiger partial charge in [0.1, 0.15) is 0 Å². The Morgan fingerprint density at radius 2 is 2.00 bits per heavy atom. The second-order valence-electron chi connectivity index (χ2n) is 4.09. The standard InChI is InChI=1S/C11H12N6O/c1-6-9(5-17(2)14-6)13-8-4-3-7(12)10-11(8)16-18-15-10/h3-5,13H,12H2,1-2H3. The second-order valence-corrected chi connectivity index (χ2v) is 4.09. The third-order valence-electron chi connectivity index (χ3n) is 2.73. The number of nitrogens with two attached hydrogens (primary N) is 1. The predicted molar refractivity (Wildman–Crippen MR) is 67.4 cm³/mol. The van der Waals surface area contributed by atoms with Crippen LogP contribution in [0.25, 0.3) is 11.0 Å². The highest BCUT2D eigenvalue weighted by molar-refractivity contribution is 5.96. The molecule has 0 saturated carbocycles. The summed E-state index contributed by atoms with van der Waals surface area (Å²) in [5.41, 5.74) is 10.1. The van der Waals surface area contributed by atoms with Crippen molar-refractivity contribution in [2.45, 2.75) is 6.92 Å². The van der Waals surface area contributed by atoms with E-state index in [9.17, 15) is 0 Å². The minimum Gasteiger partial charge on any atom is -0.397 e. The zero-order valence-corrected chi connectivity index (χ0v) is 10.0. The van der Waals surface area contributed by atoms with Gasteiger partial charge >= 0.3 is 0 Å². The van der Waals surface area contributed by atoms with Crippen LogP contribution in [0.2, 0.25) is 0 Å². The van der Waals surface area contributed by atoms with Gasteiger partial charge in [0.25, 0.3) is 0 Å². The summed E-state index contributed by atoms with van der Waals surface area (Å²) in [5, 5.41) is 15.1. The number of nitrogens with zero attached hydrogens (tertiary/aromatic N) is 4. The Labute approximate surface area is 103 Å². The Morgan fingerprint density at radius 3 is 2.72 bits per heavy atom. The average Bonchev–Trinajstić information content (AvgIpc) is 2.91. The summed E-state index contributed by atoms with van der Waals surface area (Å²) in [4.78, 5) is 0. The lowest BCUT2D eigenvalue weighted by Gasteiger charge is -2.05. The molecule has 0 bridgehead atoms. The number of benzene rings is 1. The van der Waals surface area contributed by atoms with Crippen LogP contribution in [0.4, 0.5) is 17.1 Å². The van der Waals surface area contributed by atoms with Crippen LogP contribution in [0.1, 0.15) is 5.69 Å². The van der Waals surface area contributed by atoms with Crippen molar-refractivity contribution in [2.75, 3.05) is 11.1 Å². The van der Waals surface area contributed by atoms with Gasteiger partial charge in [-0.3, -0.25) is 4.68 Å². The summed E-state index contributed by atoms with van der Waals surface area (Å²) in [6.45, 7) is 1.93. The summed E-state index contributed by atoms with van der Waals surface area (Å²) in [7, 11) is 1.87. The first-order valence-electron chi connectivity index (χ1n) is 5.43. The van der Waals surface area contributed by atoms with Crippen molar-refractivity contribution in [2.24, 2.45) is 7.05 Å². The molecule has 0 fully saturated rings. The lowest BCUT2D eigenvalue weighted by atomic mass is 10.2. The number of hydrogen-bond acceptors (Lipinski definition) is 6. The van der Waals surface area contributed by atoms with Crippen LogP contribution in [-0.4, -0.2) is 20.1 Å². The molecule has 2 aromatic heterocycles. The Kier molecular flexibility index (Phi) is 2.19. The van der Waals surface area contributed by atoms with Gasteiger partial charge in [-0.1, -0.05) is 0 Å². The highest BCUT2D eigenvalue weighted by Crippen LogP contribution is 2.28. The van der Waals surface area contributed by atoms with E-state index in [1.54, 1.807) is 10.7 Å². The number of nitrogen functional groups attached to an aromatic ring is 1. The highest BCUT2D eigenvalue weighted by atomic mass is 16.6. The lowest BCUT2D eigenvalue weighted by molar-refractivity contribution is 0.316. The first-order chi connectivity index (χ1) is 8.65. The van der Waals surface area contributed by atoms with E-state index < -0.39 is 0 Å². The Balaban J connectivity index is 2.08. The maximum absolute atomic E-state index is 5.79. The summed E-state index contributed by atoms with van der Waals surface area (Å²) in [5.74, 6) is 0. The number of hydrogen-bond donors (Lipinski definition) is 2. The number of aryl methyl sites for hydroxylation is 2. The summed E-state index contributed by atoms with van der Waals surface area (Å²) in [6, 6.07) is 3.61. The van der Waals surface area contributed by atoms with Crippen LogP contribution >= 0.6 is 0 Å². The zero-order valence-electron chi connectivity index (χ0n) is 10.0. The van der Waals surface area contributed by atoms with Crippen LogP contribution in [0, 0.1) is 6.92 Å². The van der Waals surface area contributed by atoms with Gasteiger partial charge in [0, 0.05) is 13.2 Å². The molecule has 0 atom stereocenters. The molecule has 92 valence electrons.